The Kier molecular flexibility index (Phi) is 5.36. The van der Waals surface area contributed by atoms with Crippen LogP contribution in [-0.4, -0.2) is 28.4 Å². The molecule has 4 unspecified atom stereocenters. The highest BCUT2D eigenvalue weighted by Gasteiger charge is 2.27. The second kappa shape index (κ2) is 5.47. The van der Waals surface area contributed by atoms with E-state index in [-0.39, 0.29) is 17.2 Å². The fourth-order valence-corrected chi connectivity index (χ4v) is 1.51. The molecule has 0 bridgehead atoms. The summed E-state index contributed by atoms with van der Waals surface area (Å²) in [5.41, 5.74) is 11.1. The van der Waals surface area contributed by atoms with E-state index in [1.807, 2.05) is 6.92 Å². The summed E-state index contributed by atoms with van der Waals surface area (Å²) in [6, 6.07) is -1.12. The quantitative estimate of drug-likeness (QED) is 0.479. The van der Waals surface area contributed by atoms with E-state index in [1.54, 1.807) is 6.92 Å². The fraction of sp³-hybridized carbons (Fsp3) is 0.875. The topological polar surface area (TPSA) is 89.3 Å². The zero-order chi connectivity index (χ0) is 10.6. The number of carboxylic acids is 1. The Morgan fingerprint density at radius 1 is 1.46 bits per heavy atom. The molecular weight excluding hydrogens is 188 g/mol. The maximum atomic E-state index is 10.6. The van der Waals surface area contributed by atoms with Crippen molar-refractivity contribution in [2.24, 2.45) is 17.4 Å². The summed E-state index contributed by atoms with van der Waals surface area (Å²) in [7, 11) is 0. The van der Waals surface area contributed by atoms with Crippen molar-refractivity contribution < 1.29 is 9.90 Å². The van der Waals surface area contributed by atoms with Gasteiger partial charge in [0.25, 0.3) is 0 Å². The number of hydrogen-bond donors (Lipinski definition) is 4. The van der Waals surface area contributed by atoms with Gasteiger partial charge >= 0.3 is 5.97 Å². The van der Waals surface area contributed by atoms with E-state index in [1.165, 1.54) is 0 Å². The van der Waals surface area contributed by atoms with Crippen LogP contribution in [0.1, 0.15) is 20.3 Å². The van der Waals surface area contributed by atoms with Crippen molar-refractivity contribution in [3.05, 3.63) is 0 Å². The molecule has 0 spiro atoms. The minimum absolute atomic E-state index is 0.112. The van der Waals surface area contributed by atoms with Crippen molar-refractivity contribution in [3.8, 4) is 0 Å². The first-order valence-electron chi connectivity index (χ1n) is 4.28. The van der Waals surface area contributed by atoms with Crippen molar-refractivity contribution in [1.82, 2.24) is 0 Å². The fourth-order valence-electron chi connectivity index (χ4n) is 1.27. The molecule has 0 saturated carbocycles. The molecule has 0 heterocycles. The van der Waals surface area contributed by atoms with Gasteiger partial charge in [0, 0.05) is 12.0 Å². The Morgan fingerprint density at radius 2 is 1.92 bits per heavy atom. The summed E-state index contributed by atoms with van der Waals surface area (Å²) in [6.45, 7) is 3.66. The van der Waals surface area contributed by atoms with E-state index in [2.05, 4.69) is 12.6 Å². The smallest absolute Gasteiger partial charge is 0.320 e. The minimum atomic E-state index is -1.00. The Labute approximate surface area is 84.1 Å². The van der Waals surface area contributed by atoms with Crippen molar-refractivity contribution in [2.45, 2.75) is 37.6 Å². The number of hydrogen-bond acceptors (Lipinski definition) is 4. The normalized spacial score (nSPS) is 20.4. The molecule has 0 aromatic heterocycles. The maximum absolute atomic E-state index is 10.6. The molecule has 4 nitrogen and oxygen atoms in total. The van der Waals surface area contributed by atoms with E-state index in [0.717, 1.165) is 0 Å². The third-order valence-electron chi connectivity index (χ3n) is 2.04. The van der Waals surface area contributed by atoms with Crippen LogP contribution in [-0.2, 0) is 4.79 Å². The first kappa shape index (κ1) is 12.7. The third-order valence-corrected chi connectivity index (χ3v) is 2.25. The maximum Gasteiger partial charge on any atom is 0.320 e. The molecule has 13 heavy (non-hydrogen) atoms. The number of thiol groups is 1. The lowest BCUT2D eigenvalue weighted by atomic mass is 9.89. The van der Waals surface area contributed by atoms with Gasteiger partial charge in [-0.05, 0) is 18.6 Å². The highest BCUT2D eigenvalue weighted by molar-refractivity contribution is 7.80. The molecule has 0 radical (unpaired) electrons. The molecule has 5 heteroatoms. The first-order chi connectivity index (χ1) is 5.86. The van der Waals surface area contributed by atoms with Crippen LogP contribution in [0.15, 0.2) is 0 Å². The molecule has 0 aliphatic rings. The number of aliphatic carboxylic acids is 1. The van der Waals surface area contributed by atoms with Crippen LogP contribution in [0.2, 0.25) is 0 Å². The van der Waals surface area contributed by atoms with E-state index in [0.29, 0.717) is 6.42 Å². The van der Waals surface area contributed by atoms with Gasteiger partial charge in [0.1, 0.15) is 6.04 Å². The van der Waals surface area contributed by atoms with Gasteiger partial charge in [0.05, 0.1) is 0 Å². The van der Waals surface area contributed by atoms with Crippen LogP contribution >= 0.6 is 12.6 Å². The van der Waals surface area contributed by atoms with Gasteiger partial charge in [0.2, 0.25) is 0 Å². The molecule has 0 fully saturated rings. The molecule has 0 rings (SSSR count). The van der Waals surface area contributed by atoms with Crippen LogP contribution < -0.4 is 11.5 Å². The molecule has 78 valence electrons. The number of carbonyl (C=O) groups is 1. The average molecular weight is 206 g/mol. The summed E-state index contributed by atoms with van der Waals surface area (Å²) in [6.07, 6.45) is 0.619. The van der Waals surface area contributed by atoms with Crippen molar-refractivity contribution >= 4 is 18.6 Å². The van der Waals surface area contributed by atoms with E-state index in [4.69, 9.17) is 16.6 Å². The van der Waals surface area contributed by atoms with Crippen LogP contribution in [0.25, 0.3) is 0 Å². The van der Waals surface area contributed by atoms with E-state index >= 15 is 0 Å². The summed E-state index contributed by atoms with van der Waals surface area (Å²) >= 11 is 4.19. The zero-order valence-corrected chi connectivity index (χ0v) is 8.87. The second-order valence-electron chi connectivity index (χ2n) is 3.47. The predicted octanol–water partition coefficient (Wildman–Crippen LogP) is 0.0701. The van der Waals surface area contributed by atoms with Gasteiger partial charge in [-0.3, -0.25) is 4.79 Å². The largest absolute Gasteiger partial charge is 0.480 e. The Morgan fingerprint density at radius 3 is 2.15 bits per heavy atom. The van der Waals surface area contributed by atoms with E-state index < -0.39 is 12.0 Å². The monoisotopic (exact) mass is 206 g/mol. The van der Waals surface area contributed by atoms with Crippen molar-refractivity contribution in [2.75, 3.05) is 0 Å². The summed E-state index contributed by atoms with van der Waals surface area (Å²) in [5.74, 6) is -1.22. The minimum Gasteiger partial charge on any atom is -0.480 e. The van der Waals surface area contributed by atoms with Crippen molar-refractivity contribution in [1.29, 1.82) is 0 Å². The molecule has 0 aromatic rings. The van der Waals surface area contributed by atoms with Crippen LogP contribution in [0, 0.1) is 5.92 Å². The van der Waals surface area contributed by atoms with Gasteiger partial charge in [0.15, 0.2) is 0 Å². The summed E-state index contributed by atoms with van der Waals surface area (Å²) in [4.78, 5) is 10.6. The first-order valence-corrected chi connectivity index (χ1v) is 4.80. The van der Waals surface area contributed by atoms with Gasteiger partial charge in [-0.25, -0.2) is 0 Å². The molecule has 0 aromatic carbocycles. The lowest BCUT2D eigenvalue weighted by molar-refractivity contribution is -0.140. The molecule has 0 aliphatic heterocycles. The highest BCUT2D eigenvalue weighted by Crippen LogP contribution is 2.16. The molecule has 0 aliphatic carbocycles. The van der Waals surface area contributed by atoms with Crippen LogP contribution in [0.4, 0.5) is 0 Å². The summed E-state index contributed by atoms with van der Waals surface area (Å²) < 4.78 is 0. The van der Waals surface area contributed by atoms with Gasteiger partial charge in [-0.15, -0.1) is 0 Å². The molecule has 4 atom stereocenters. The number of carboxylic acid groups (broad SMARTS) is 1. The number of nitrogens with two attached hydrogens (primary N) is 2. The lowest BCUT2D eigenvalue weighted by Crippen LogP contribution is -2.46. The lowest BCUT2D eigenvalue weighted by Gasteiger charge is -2.25. The van der Waals surface area contributed by atoms with Gasteiger partial charge in [-0.2, -0.15) is 12.6 Å². The Bertz CT molecular complexity index is 174. The highest BCUT2D eigenvalue weighted by atomic mass is 32.1. The summed E-state index contributed by atoms with van der Waals surface area (Å²) in [5, 5.41) is 8.82. The molecule has 0 amide bonds. The van der Waals surface area contributed by atoms with Crippen LogP contribution in [0.5, 0.6) is 0 Å². The standard InChI is InChI=1S/C8H18N2O2S/c1-4(13)3-6(5(2)9)7(10)8(11)12/h4-7,13H,3,9-10H2,1-2H3,(H,11,12). The van der Waals surface area contributed by atoms with Gasteiger partial charge < -0.3 is 16.6 Å². The Hall–Kier alpha value is -0.260. The molecule has 5 N–H and O–H groups in total. The average Bonchev–Trinajstić information content (AvgIpc) is 1.97. The number of rotatable bonds is 5. The van der Waals surface area contributed by atoms with E-state index in [9.17, 15) is 4.79 Å². The molecule has 0 saturated heterocycles. The predicted molar refractivity (Wildman–Crippen MR) is 55.8 cm³/mol. The third kappa shape index (κ3) is 4.50. The zero-order valence-electron chi connectivity index (χ0n) is 7.97. The molecular formula is C8H18N2O2S. The van der Waals surface area contributed by atoms with Crippen LogP contribution in [0.3, 0.4) is 0 Å². The van der Waals surface area contributed by atoms with Crippen molar-refractivity contribution in [3.63, 3.8) is 0 Å². The SMILES string of the molecule is CC(S)CC(C(C)N)C(N)C(=O)O. The second-order valence-corrected chi connectivity index (χ2v) is 4.35. The van der Waals surface area contributed by atoms with Gasteiger partial charge in [-0.1, -0.05) is 6.92 Å². The Balaban J connectivity index is 4.32.